The normalized spacial score (nSPS) is 19.6. The van der Waals surface area contributed by atoms with Gasteiger partial charge in [0.05, 0.1) is 9.79 Å². The summed E-state index contributed by atoms with van der Waals surface area (Å²) in [6.45, 7) is 6.11. The quantitative estimate of drug-likeness (QED) is 0.743. The molecule has 0 bridgehead atoms. The average molecular weight is 423 g/mol. The summed E-state index contributed by atoms with van der Waals surface area (Å²) < 4.78 is 55.0. The molecular weight excluding hydrogens is 396 g/mol. The van der Waals surface area contributed by atoms with Gasteiger partial charge in [0.15, 0.2) is 0 Å². The molecule has 0 N–H and O–H groups in total. The Kier molecular flexibility index (Phi) is 5.95. The molecule has 0 aromatic heterocycles. The molecule has 152 valence electrons. The standard InChI is InChI=1S/C20H26N2O4S2/c1-4-18-15-21(27(23,24)19-9-5-16(2)6-10-19)13-14-22(18)28(25,26)20-11-7-17(3)8-12-20/h5-12,18H,4,13-15H2,1-3H3/t18-/m0/s1. The zero-order valence-electron chi connectivity index (χ0n) is 16.4. The number of hydrogen-bond acceptors (Lipinski definition) is 4. The van der Waals surface area contributed by atoms with Gasteiger partial charge in [0, 0.05) is 25.7 Å². The van der Waals surface area contributed by atoms with Crippen molar-refractivity contribution in [3.8, 4) is 0 Å². The van der Waals surface area contributed by atoms with Crippen LogP contribution in [-0.2, 0) is 20.0 Å². The number of benzene rings is 2. The lowest BCUT2D eigenvalue weighted by Gasteiger charge is -2.39. The minimum Gasteiger partial charge on any atom is -0.207 e. The summed E-state index contributed by atoms with van der Waals surface area (Å²) in [7, 11) is -7.32. The molecule has 1 aliphatic rings. The van der Waals surface area contributed by atoms with Crippen LogP contribution in [0.4, 0.5) is 0 Å². The van der Waals surface area contributed by atoms with Gasteiger partial charge < -0.3 is 0 Å². The fraction of sp³-hybridized carbons (Fsp3) is 0.400. The van der Waals surface area contributed by atoms with Gasteiger partial charge in [-0.1, -0.05) is 42.3 Å². The van der Waals surface area contributed by atoms with E-state index < -0.39 is 26.1 Å². The molecule has 2 aromatic rings. The maximum absolute atomic E-state index is 13.1. The van der Waals surface area contributed by atoms with E-state index in [1.165, 1.54) is 8.61 Å². The topological polar surface area (TPSA) is 74.8 Å². The number of hydrogen-bond donors (Lipinski definition) is 0. The van der Waals surface area contributed by atoms with E-state index in [9.17, 15) is 16.8 Å². The number of aryl methyl sites for hydroxylation is 2. The molecule has 8 heteroatoms. The molecule has 1 atom stereocenters. The predicted octanol–water partition coefficient (Wildman–Crippen LogP) is 2.78. The molecule has 0 unspecified atom stereocenters. The van der Waals surface area contributed by atoms with Gasteiger partial charge in [0.2, 0.25) is 20.0 Å². The lowest BCUT2D eigenvalue weighted by molar-refractivity contribution is 0.196. The Morgan fingerprint density at radius 1 is 0.786 bits per heavy atom. The van der Waals surface area contributed by atoms with Crippen LogP contribution in [-0.4, -0.2) is 51.1 Å². The highest BCUT2D eigenvalue weighted by atomic mass is 32.2. The van der Waals surface area contributed by atoms with E-state index in [1.807, 2.05) is 20.8 Å². The van der Waals surface area contributed by atoms with Crippen molar-refractivity contribution in [1.29, 1.82) is 0 Å². The second-order valence-electron chi connectivity index (χ2n) is 7.17. The second-order valence-corrected chi connectivity index (χ2v) is 11.0. The summed E-state index contributed by atoms with van der Waals surface area (Å²) >= 11 is 0. The largest absolute Gasteiger partial charge is 0.243 e. The molecule has 6 nitrogen and oxygen atoms in total. The summed E-state index contributed by atoms with van der Waals surface area (Å²) in [6.07, 6.45) is 0.533. The summed E-state index contributed by atoms with van der Waals surface area (Å²) in [5.41, 5.74) is 1.97. The minimum absolute atomic E-state index is 0.137. The number of nitrogens with zero attached hydrogens (tertiary/aromatic N) is 2. The van der Waals surface area contributed by atoms with Crippen LogP contribution in [0.2, 0.25) is 0 Å². The zero-order valence-corrected chi connectivity index (χ0v) is 18.0. The molecule has 1 fully saturated rings. The Morgan fingerprint density at radius 3 is 1.71 bits per heavy atom. The highest BCUT2D eigenvalue weighted by Crippen LogP contribution is 2.26. The van der Waals surface area contributed by atoms with E-state index in [-0.39, 0.29) is 29.4 Å². The van der Waals surface area contributed by atoms with E-state index in [0.29, 0.717) is 6.42 Å². The van der Waals surface area contributed by atoms with Crippen molar-refractivity contribution in [3.05, 3.63) is 59.7 Å². The summed E-state index contributed by atoms with van der Waals surface area (Å²) in [5, 5.41) is 0. The van der Waals surface area contributed by atoms with Gasteiger partial charge in [-0.05, 0) is 44.5 Å². The van der Waals surface area contributed by atoms with Crippen LogP contribution in [0.5, 0.6) is 0 Å². The van der Waals surface area contributed by atoms with E-state index >= 15 is 0 Å². The summed E-state index contributed by atoms with van der Waals surface area (Å²) in [6, 6.07) is 13.1. The second kappa shape index (κ2) is 7.94. The third-order valence-corrected chi connectivity index (χ3v) is 8.99. The molecule has 1 heterocycles. The molecule has 28 heavy (non-hydrogen) atoms. The summed E-state index contributed by atoms with van der Waals surface area (Å²) in [4.78, 5) is 0.481. The van der Waals surface area contributed by atoms with Crippen LogP contribution in [0, 0.1) is 13.8 Å². The smallest absolute Gasteiger partial charge is 0.207 e. The SMILES string of the molecule is CC[C@H]1CN(S(=O)(=O)c2ccc(C)cc2)CCN1S(=O)(=O)c1ccc(C)cc1. The van der Waals surface area contributed by atoms with Crippen molar-refractivity contribution in [3.63, 3.8) is 0 Å². The fourth-order valence-electron chi connectivity index (χ4n) is 3.38. The van der Waals surface area contributed by atoms with Crippen molar-refractivity contribution >= 4 is 20.0 Å². The Morgan fingerprint density at radius 2 is 1.25 bits per heavy atom. The van der Waals surface area contributed by atoms with Gasteiger partial charge in [-0.25, -0.2) is 16.8 Å². The van der Waals surface area contributed by atoms with Crippen LogP contribution in [0.15, 0.2) is 58.3 Å². The average Bonchev–Trinajstić information content (AvgIpc) is 2.68. The Hall–Kier alpha value is -1.74. The highest BCUT2D eigenvalue weighted by molar-refractivity contribution is 7.89. The van der Waals surface area contributed by atoms with Gasteiger partial charge in [-0.3, -0.25) is 0 Å². The molecule has 0 aliphatic carbocycles. The van der Waals surface area contributed by atoms with Gasteiger partial charge in [0.1, 0.15) is 0 Å². The molecule has 2 aromatic carbocycles. The molecule has 0 saturated carbocycles. The molecule has 3 rings (SSSR count). The van der Waals surface area contributed by atoms with Crippen LogP contribution >= 0.6 is 0 Å². The predicted molar refractivity (Wildman–Crippen MR) is 109 cm³/mol. The molecule has 1 saturated heterocycles. The van der Waals surface area contributed by atoms with Gasteiger partial charge >= 0.3 is 0 Å². The fourth-order valence-corrected chi connectivity index (χ4v) is 6.53. The molecular formula is C20H26N2O4S2. The van der Waals surface area contributed by atoms with Crippen molar-refractivity contribution in [1.82, 2.24) is 8.61 Å². The van der Waals surface area contributed by atoms with E-state index in [0.717, 1.165) is 11.1 Å². The lowest BCUT2D eigenvalue weighted by Crippen LogP contribution is -2.56. The van der Waals surface area contributed by atoms with E-state index in [1.54, 1.807) is 48.5 Å². The molecule has 1 aliphatic heterocycles. The number of rotatable bonds is 5. The Balaban J connectivity index is 1.85. The Labute approximate surface area is 167 Å². The van der Waals surface area contributed by atoms with Gasteiger partial charge in [-0.2, -0.15) is 8.61 Å². The van der Waals surface area contributed by atoms with Crippen LogP contribution in [0.25, 0.3) is 0 Å². The van der Waals surface area contributed by atoms with E-state index in [4.69, 9.17) is 0 Å². The first-order chi connectivity index (χ1) is 13.2. The first-order valence-electron chi connectivity index (χ1n) is 9.31. The summed E-state index contributed by atoms with van der Waals surface area (Å²) in [5.74, 6) is 0. The van der Waals surface area contributed by atoms with Crippen molar-refractivity contribution in [2.24, 2.45) is 0 Å². The molecule has 0 spiro atoms. The number of sulfonamides is 2. The van der Waals surface area contributed by atoms with Crippen molar-refractivity contribution < 1.29 is 16.8 Å². The minimum atomic E-state index is -3.67. The van der Waals surface area contributed by atoms with Crippen molar-refractivity contribution in [2.45, 2.75) is 43.0 Å². The number of piperazine rings is 1. The molecule has 0 radical (unpaired) electrons. The molecule has 0 amide bonds. The maximum atomic E-state index is 13.1. The zero-order chi connectivity index (χ0) is 20.5. The van der Waals surface area contributed by atoms with Crippen LogP contribution in [0.1, 0.15) is 24.5 Å². The third-order valence-electron chi connectivity index (χ3n) is 5.15. The van der Waals surface area contributed by atoms with Crippen LogP contribution in [0.3, 0.4) is 0 Å². The van der Waals surface area contributed by atoms with Crippen LogP contribution < -0.4 is 0 Å². The first kappa shape index (κ1) is 21.0. The highest BCUT2D eigenvalue weighted by Gasteiger charge is 2.39. The third kappa shape index (κ3) is 4.00. The first-order valence-corrected chi connectivity index (χ1v) is 12.2. The monoisotopic (exact) mass is 422 g/mol. The maximum Gasteiger partial charge on any atom is 0.243 e. The van der Waals surface area contributed by atoms with Crippen molar-refractivity contribution in [2.75, 3.05) is 19.6 Å². The van der Waals surface area contributed by atoms with E-state index in [2.05, 4.69) is 0 Å². The van der Waals surface area contributed by atoms with Gasteiger partial charge in [-0.15, -0.1) is 0 Å². The van der Waals surface area contributed by atoms with Gasteiger partial charge in [0.25, 0.3) is 0 Å². The lowest BCUT2D eigenvalue weighted by atomic mass is 10.2. The Bertz CT molecular complexity index is 1030.